The van der Waals surface area contributed by atoms with Gasteiger partial charge in [-0.2, -0.15) is 0 Å². The van der Waals surface area contributed by atoms with Gasteiger partial charge in [0.25, 0.3) is 0 Å². The number of anilines is 1. The molecule has 102 valence electrons. The largest absolute Gasteiger partial charge is 0.380 e. The molecule has 4 nitrogen and oxygen atoms in total. The minimum atomic E-state index is -0.444. The molecule has 0 spiro atoms. The van der Waals surface area contributed by atoms with Gasteiger partial charge in [-0.25, -0.2) is 4.39 Å². The van der Waals surface area contributed by atoms with Crippen LogP contribution in [0.25, 0.3) is 0 Å². The van der Waals surface area contributed by atoms with Crippen LogP contribution < -0.4 is 11.1 Å². The first-order valence-electron chi connectivity index (χ1n) is 5.35. The Hall–Kier alpha value is -1.17. The van der Waals surface area contributed by atoms with Crippen LogP contribution in [0.3, 0.4) is 0 Å². The molecular formula is C12H18ClFN2O2. The van der Waals surface area contributed by atoms with Crippen molar-refractivity contribution in [1.82, 2.24) is 0 Å². The predicted molar refractivity (Wildman–Crippen MR) is 71.5 cm³/mol. The Labute approximate surface area is 112 Å². The van der Waals surface area contributed by atoms with Crippen LogP contribution in [-0.2, 0) is 9.53 Å². The Morgan fingerprint density at radius 3 is 2.72 bits per heavy atom. The summed E-state index contributed by atoms with van der Waals surface area (Å²) < 4.78 is 18.4. The third kappa shape index (κ3) is 5.00. The molecule has 3 N–H and O–H groups in total. The molecule has 6 heteroatoms. The molecule has 0 aromatic heterocycles. The molecule has 0 aliphatic rings. The van der Waals surface area contributed by atoms with E-state index in [1.54, 1.807) is 13.0 Å². The van der Waals surface area contributed by atoms with Gasteiger partial charge in [-0.3, -0.25) is 4.79 Å². The molecule has 0 saturated carbocycles. The van der Waals surface area contributed by atoms with E-state index in [2.05, 4.69) is 5.32 Å². The van der Waals surface area contributed by atoms with Gasteiger partial charge in [0.15, 0.2) is 0 Å². The summed E-state index contributed by atoms with van der Waals surface area (Å²) in [6, 6.07) is 4.63. The van der Waals surface area contributed by atoms with Gasteiger partial charge in [0.05, 0.1) is 18.2 Å². The number of carbonyl (C=O) groups is 1. The molecule has 0 aliphatic carbocycles. The highest BCUT2D eigenvalue weighted by atomic mass is 35.5. The molecule has 1 aromatic rings. The van der Waals surface area contributed by atoms with Crippen molar-refractivity contribution in [3.05, 3.63) is 29.6 Å². The summed E-state index contributed by atoms with van der Waals surface area (Å²) >= 11 is 0. The SMILES string of the molecule is COC(CN)CC(=O)Nc1ccc(C)cc1F.Cl. The molecule has 1 amide bonds. The van der Waals surface area contributed by atoms with Gasteiger partial charge in [-0.15, -0.1) is 12.4 Å². The van der Waals surface area contributed by atoms with Gasteiger partial charge >= 0.3 is 0 Å². The van der Waals surface area contributed by atoms with Crippen LogP contribution in [0.4, 0.5) is 10.1 Å². The Morgan fingerprint density at radius 1 is 1.56 bits per heavy atom. The summed E-state index contributed by atoms with van der Waals surface area (Å²) in [5.74, 6) is -0.759. The molecule has 1 aromatic carbocycles. The number of nitrogens with one attached hydrogen (secondary N) is 1. The number of ether oxygens (including phenoxy) is 1. The summed E-state index contributed by atoms with van der Waals surface area (Å²) in [6.07, 6.45) is -0.233. The third-order valence-electron chi connectivity index (χ3n) is 2.41. The minimum absolute atomic E-state index is 0. The van der Waals surface area contributed by atoms with Crippen molar-refractivity contribution in [2.45, 2.75) is 19.4 Å². The lowest BCUT2D eigenvalue weighted by molar-refractivity contribution is -0.118. The van der Waals surface area contributed by atoms with E-state index in [1.165, 1.54) is 19.2 Å². The Bertz CT molecular complexity index is 398. The monoisotopic (exact) mass is 276 g/mol. The zero-order chi connectivity index (χ0) is 12.8. The average Bonchev–Trinajstić information content (AvgIpc) is 2.29. The van der Waals surface area contributed by atoms with E-state index >= 15 is 0 Å². The Kier molecular flexibility index (Phi) is 7.50. The van der Waals surface area contributed by atoms with E-state index in [1.807, 2.05) is 0 Å². The maximum atomic E-state index is 13.4. The standard InChI is InChI=1S/C12H17FN2O2.ClH/c1-8-3-4-11(10(13)5-8)15-12(16)6-9(7-14)17-2;/h3-5,9H,6-7,14H2,1-2H3,(H,15,16);1H. The Balaban J connectivity index is 0.00000289. The lowest BCUT2D eigenvalue weighted by atomic mass is 10.2. The predicted octanol–water partition coefficient (Wildman–Crippen LogP) is 1.86. The second kappa shape index (κ2) is 8.02. The molecule has 0 heterocycles. The zero-order valence-electron chi connectivity index (χ0n) is 10.4. The average molecular weight is 277 g/mol. The molecule has 0 saturated heterocycles. The van der Waals surface area contributed by atoms with Crippen LogP contribution in [0.2, 0.25) is 0 Å². The number of nitrogens with two attached hydrogens (primary N) is 1. The van der Waals surface area contributed by atoms with E-state index in [9.17, 15) is 9.18 Å². The van der Waals surface area contributed by atoms with Crippen LogP contribution in [0.1, 0.15) is 12.0 Å². The van der Waals surface area contributed by atoms with Crippen LogP contribution in [0.5, 0.6) is 0 Å². The lowest BCUT2D eigenvalue weighted by Gasteiger charge is -2.13. The summed E-state index contributed by atoms with van der Waals surface area (Å²) in [5.41, 5.74) is 6.37. The number of amides is 1. The van der Waals surface area contributed by atoms with Gasteiger partial charge in [0.1, 0.15) is 5.82 Å². The van der Waals surface area contributed by atoms with Crippen molar-refractivity contribution in [2.75, 3.05) is 19.0 Å². The molecular weight excluding hydrogens is 259 g/mol. The van der Waals surface area contributed by atoms with Gasteiger partial charge in [0.2, 0.25) is 5.91 Å². The highest BCUT2D eigenvalue weighted by molar-refractivity contribution is 5.91. The summed E-state index contributed by atoms with van der Waals surface area (Å²) in [5, 5.41) is 2.49. The van der Waals surface area contributed by atoms with Crippen LogP contribution in [0, 0.1) is 12.7 Å². The maximum absolute atomic E-state index is 13.4. The highest BCUT2D eigenvalue weighted by Crippen LogP contribution is 2.15. The minimum Gasteiger partial charge on any atom is -0.380 e. The maximum Gasteiger partial charge on any atom is 0.227 e. The summed E-state index contributed by atoms with van der Waals surface area (Å²) in [7, 11) is 1.48. The van der Waals surface area contributed by atoms with E-state index < -0.39 is 5.82 Å². The van der Waals surface area contributed by atoms with Gasteiger partial charge in [-0.05, 0) is 24.6 Å². The number of halogens is 2. The number of hydrogen-bond donors (Lipinski definition) is 2. The molecule has 1 unspecified atom stereocenters. The zero-order valence-corrected chi connectivity index (χ0v) is 11.2. The van der Waals surface area contributed by atoms with Gasteiger partial charge in [0, 0.05) is 13.7 Å². The van der Waals surface area contributed by atoms with Crippen molar-refractivity contribution in [2.24, 2.45) is 5.73 Å². The fourth-order valence-electron chi connectivity index (χ4n) is 1.39. The van der Waals surface area contributed by atoms with Crippen molar-refractivity contribution in [1.29, 1.82) is 0 Å². The number of benzene rings is 1. The fourth-order valence-corrected chi connectivity index (χ4v) is 1.39. The van der Waals surface area contributed by atoms with Crippen LogP contribution in [-0.4, -0.2) is 25.7 Å². The first kappa shape index (κ1) is 16.8. The van der Waals surface area contributed by atoms with Crippen LogP contribution >= 0.6 is 12.4 Å². The van der Waals surface area contributed by atoms with Crippen molar-refractivity contribution in [3.8, 4) is 0 Å². The molecule has 1 rings (SSSR count). The number of methoxy groups -OCH3 is 1. The van der Waals surface area contributed by atoms with Gasteiger partial charge in [-0.1, -0.05) is 6.07 Å². The van der Waals surface area contributed by atoms with Crippen LogP contribution in [0.15, 0.2) is 18.2 Å². The normalized spacial score (nSPS) is 11.6. The first-order chi connectivity index (χ1) is 8.06. The Morgan fingerprint density at radius 2 is 2.22 bits per heavy atom. The molecule has 0 aliphatic heterocycles. The van der Waals surface area contributed by atoms with Crippen molar-refractivity contribution >= 4 is 24.0 Å². The van der Waals surface area contributed by atoms with Gasteiger partial charge < -0.3 is 15.8 Å². The first-order valence-corrected chi connectivity index (χ1v) is 5.35. The van der Waals surface area contributed by atoms with E-state index in [-0.39, 0.29) is 43.1 Å². The summed E-state index contributed by atoms with van der Waals surface area (Å²) in [4.78, 5) is 11.6. The topological polar surface area (TPSA) is 64.3 Å². The van der Waals surface area contributed by atoms with E-state index in [4.69, 9.17) is 10.5 Å². The van der Waals surface area contributed by atoms with Crippen molar-refractivity contribution < 1.29 is 13.9 Å². The molecule has 18 heavy (non-hydrogen) atoms. The molecule has 0 fully saturated rings. The number of carbonyl (C=O) groups excluding carboxylic acids is 1. The summed E-state index contributed by atoms with van der Waals surface area (Å²) in [6.45, 7) is 2.03. The second-order valence-corrected chi connectivity index (χ2v) is 3.83. The molecule has 0 bridgehead atoms. The highest BCUT2D eigenvalue weighted by Gasteiger charge is 2.13. The number of aryl methyl sites for hydroxylation is 1. The lowest BCUT2D eigenvalue weighted by Crippen LogP contribution is -2.28. The number of rotatable bonds is 5. The van der Waals surface area contributed by atoms with E-state index in [0.717, 1.165) is 5.56 Å². The smallest absolute Gasteiger partial charge is 0.227 e. The fraction of sp³-hybridized carbons (Fsp3) is 0.417. The van der Waals surface area contributed by atoms with E-state index in [0.29, 0.717) is 0 Å². The molecule has 1 atom stereocenters. The molecule has 0 radical (unpaired) electrons. The quantitative estimate of drug-likeness (QED) is 0.863. The van der Waals surface area contributed by atoms with Crippen molar-refractivity contribution in [3.63, 3.8) is 0 Å². The number of hydrogen-bond acceptors (Lipinski definition) is 3. The second-order valence-electron chi connectivity index (χ2n) is 3.83. The third-order valence-corrected chi connectivity index (χ3v) is 2.41.